The van der Waals surface area contributed by atoms with Gasteiger partial charge in [0, 0.05) is 11.7 Å². The second-order valence-electron chi connectivity index (χ2n) is 6.91. The standard InChI is InChI=1S/C17H26N4O4S/c1-10(2)16(18)17(23)19-9-15(22)20-13-5-4-11(3)14(8-13)26(24,25)21-12-6-7-12/h4-5,8,10,12,16,21H,6-7,9,18H2,1-3H3,(H,19,23)(H,20,22)/t16-/m0/s1. The molecule has 2 amide bonds. The molecule has 0 bridgehead atoms. The second-order valence-corrected chi connectivity index (χ2v) is 8.59. The summed E-state index contributed by atoms with van der Waals surface area (Å²) in [6.45, 7) is 5.08. The van der Waals surface area contributed by atoms with Crippen molar-refractivity contribution in [1.29, 1.82) is 0 Å². The maximum atomic E-state index is 12.4. The number of hydrogen-bond donors (Lipinski definition) is 4. The molecular formula is C17H26N4O4S. The first kappa shape index (κ1) is 20.3. The van der Waals surface area contributed by atoms with Crippen LogP contribution in [0.2, 0.25) is 0 Å². The van der Waals surface area contributed by atoms with Crippen LogP contribution in [0.3, 0.4) is 0 Å². The van der Waals surface area contributed by atoms with Crippen molar-refractivity contribution in [1.82, 2.24) is 10.0 Å². The summed E-state index contributed by atoms with van der Waals surface area (Å²) in [5, 5.41) is 5.06. The largest absolute Gasteiger partial charge is 0.346 e. The number of carbonyl (C=O) groups excluding carboxylic acids is 2. The summed E-state index contributed by atoms with van der Waals surface area (Å²) in [5.41, 5.74) is 6.65. The van der Waals surface area contributed by atoms with Gasteiger partial charge < -0.3 is 16.4 Å². The number of nitrogens with one attached hydrogen (secondary N) is 3. The lowest BCUT2D eigenvalue weighted by Crippen LogP contribution is -2.46. The summed E-state index contributed by atoms with van der Waals surface area (Å²) in [5.74, 6) is -0.908. The molecule has 0 heterocycles. The zero-order valence-corrected chi connectivity index (χ0v) is 16.0. The Morgan fingerprint density at radius 2 is 1.92 bits per heavy atom. The summed E-state index contributed by atoms with van der Waals surface area (Å²) < 4.78 is 27.4. The zero-order valence-electron chi connectivity index (χ0n) is 15.2. The Bertz CT molecular complexity index is 788. The Hall–Kier alpha value is -1.97. The van der Waals surface area contributed by atoms with Gasteiger partial charge in [-0.25, -0.2) is 13.1 Å². The lowest BCUT2D eigenvalue weighted by Gasteiger charge is -2.15. The quantitative estimate of drug-likeness (QED) is 0.519. The van der Waals surface area contributed by atoms with Crippen LogP contribution in [0.15, 0.2) is 23.1 Å². The van der Waals surface area contributed by atoms with Gasteiger partial charge in [0.25, 0.3) is 0 Å². The molecule has 2 rings (SSSR count). The Balaban J connectivity index is 2.00. The smallest absolute Gasteiger partial charge is 0.243 e. The van der Waals surface area contributed by atoms with Gasteiger partial charge >= 0.3 is 0 Å². The molecule has 8 nitrogen and oxygen atoms in total. The van der Waals surface area contributed by atoms with Crippen LogP contribution in [0.25, 0.3) is 0 Å². The number of hydrogen-bond acceptors (Lipinski definition) is 5. The summed E-state index contributed by atoms with van der Waals surface area (Å²) in [6.07, 6.45) is 1.68. The third kappa shape index (κ3) is 5.52. The lowest BCUT2D eigenvalue weighted by atomic mass is 10.1. The number of benzene rings is 1. The van der Waals surface area contributed by atoms with Crippen LogP contribution in [0.1, 0.15) is 32.3 Å². The topological polar surface area (TPSA) is 130 Å². The molecule has 0 aliphatic heterocycles. The van der Waals surface area contributed by atoms with Crippen molar-refractivity contribution in [3.8, 4) is 0 Å². The third-order valence-corrected chi connectivity index (χ3v) is 5.77. The van der Waals surface area contributed by atoms with Gasteiger partial charge in [-0.2, -0.15) is 0 Å². The van der Waals surface area contributed by atoms with Gasteiger partial charge in [0.2, 0.25) is 21.8 Å². The van der Waals surface area contributed by atoms with E-state index >= 15 is 0 Å². The maximum absolute atomic E-state index is 12.4. The number of anilines is 1. The van der Waals surface area contributed by atoms with E-state index in [1.807, 2.05) is 13.8 Å². The van der Waals surface area contributed by atoms with Crippen molar-refractivity contribution >= 4 is 27.5 Å². The highest BCUT2D eigenvalue weighted by Gasteiger charge is 2.29. The molecule has 1 aliphatic rings. The van der Waals surface area contributed by atoms with E-state index < -0.39 is 27.9 Å². The van der Waals surface area contributed by atoms with E-state index in [9.17, 15) is 18.0 Å². The predicted molar refractivity (Wildman–Crippen MR) is 99.0 cm³/mol. The van der Waals surface area contributed by atoms with Gasteiger partial charge in [0.15, 0.2) is 0 Å². The predicted octanol–water partition coefficient (Wildman–Crippen LogP) is 0.474. The minimum atomic E-state index is -3.62. The molecule has 1 aliphatic carbocycles. The van der Waals surface area contributed by atoms with Crippen LogP contribution in [-0.4, -0.2) is 38.9 Å². The second kappa shape index (κ2) is 8.15. The lowest BCUT2D eigenvalue weighted by molar-refractivity contribution is -0.125. The average molecular weight is 382 g/mol. The van der Waals surface area contributed by atoms with Crippen molar-refractivity contribution in [2.24, 2.45) is 11.7 Å². The fourth-order valence-electron chi connectivity index (χ4n) is 2.24. The van der Waals surface area contributed by atoms with E-state index in [0.717, 1.165) is 12.8 Å². The van der Waals surface area contributed by atoms with Gasteiger partial charge in [-0.15, -0.1) is 0 Å². The van der Waals surface area contributed by atoms with E-state index in [1.165, 1.54) is 6.07 Å². The molecule has 26 heavy (non-hydrogen) atoms. The van der Waals surface area contributed by atoms with E-state index in [0.29, 0.717) is 11.3 Å². The van der Waals surface area contributed by atoms with Crippen LogP contribution in [-0.2, 0) is 19.6 Å². The SMILES string of the molecule is Cc1ccc(NC(=O)CNC(=O)[C@@H](N)C(C)C)cc1S(=O)(=O)NC1CC1. The first-order chi connectivity index (χ1) is 12.1. The number of sulfonamides is 1. The summed E-state index contributed by atoms with van der Waals surface area (Å²) in [7, 11) is -3.62. The number of carbonyl (C=O) groups is 2. The molecule has 144 valence electrons. The first-order valence-electron chi connectivity index (χ1n) is 8.56. The maximum Gasteiger partial charge on any atom is 0.243 e. The molecule has 9 heteroatoms. The van der Waals surface area contributed by atoms with Crippen LogP contribution in [0.4, 0.5) is 5.69 Å². The number of nitrogens with two attached hydrogens (primary N) is 1. The molecular weight excluding hydrogens is 356 g/mol. The molecule has 0 spiro atoms. The van der Waals surface area contributed by atoms with E-state index in [1.54, 1.807) is 19.1 Å². The molecule has 1 aromatic rings. The van der Waals surface area contributed by atoms with Gasteiger partial charge in [-0.05, 0) is 43.4 Å². The van der Waals surface area contributed by atoms with Crippen LogP contribution >= 0.6 is 0 Å². The molecule has 1 atom stereocenters. The highest BCUT2D eigenvalue weighted by molar-refractivity contribution is 7.89. The van der Waals surface area contributed by atoms with Gasteiger partial charge in [0.05, 0.1) is 17.5 Å². The zero-order chi connectivity index (χ0) is 19.5. The average Bonchev–Trinajstić information content (AvgIpc) is 3.36. The van der Waals surface area contributed by atoms with Crippen molar-refractivity contribution in [2.75, 3.05) is 11.9 Å². The summed E-state index contributed by atoms with van der Waals surface area (Å²) in [4.78, 5) is 23.9. The monoisotopic (exact) mass is 382 g/mol. The highest BCUT2D eigenvalue weighted by atomic mass is 32.2. The fraction of sp³-hybridized carbons (Fsp3) is 0.529. The number of aryl methyl sites for hydroxylation is 1. The van der Waals surface area contributed by atoms with Gasteiger partial charge in [0.1, 0.15) is 0 Å². The van der Waals surface area contributed by atoms with E-state index in [4.69, 9.17) is 5.73 Å². The molecule has 0 radical (unpaired) electrons. The van der Waals surface area contributed by atoms with Crippen molar-refractivity contribution in [2.45, 2.75) is 50.6 Å². The number of amides is 2. The molecule has 0 saturated heterocycles. The molecule has 1 aromatic carbocycles. The summed E-state index contributed by atoms with van der Waals surface area (Å²) >= 11 is 0. The Labute approximate surface area is 154 Å². The third-order valence-electron chi connectivity index (χ3n) is 4.10. The fourth-order valence-corrected chi connectivity index (χ4v) is 3.82. The molecule has 1 saturated carbocycles. The first-order valence-corrected chi connectivity index (χ1v) is 10.0. The summed E-state index contributed by atoms with van der Waals surface area (Å²) in [6, 6.07) is 3.97. The van der Waals surface area contributed by atoms with Crippen LogP contribution in [0.5, 0.6) is 0 Å². The minimum absolute atomic E-state index is 0.00183. The van der Waals surface area contributed by atoms with E-state index in [2.05, 4.69) is 15.4 Å². The molecule has 5 N–H and O–H groups in total. The Kier molecular flexibility index (Phi) is 6.38. The molecule has 0 unspecified atom stereocenters. The molecule has 0 aromatic heterocycles. The highest BCUT2D eigenvalue weighted by Crippen LogP contribution is 2.25. The minimum Gasteiger partial charge on any atom is -0.346 e. The van der Waals surface area contributed by atoms with Gasteiger partial charge in [-0.1, -0.05) is 19.9 Å². The number of rotatable bonds is 8. The van der Waals surface area contributed by atoms with E-state index in [-0.39, 0.29) is 23.4 Å². The molecule has 1 fully saturated rings. The van der Waals surface area contributed by atoms with Crippen LogP contribution in [0, 0.1) is 12.8 Å². The Morgan fingerprint density at radius 1 is 1.27 bits per heavy atom. The van der Waals surface area contributed by atoms with Crippen molar-refractivity contribution in [3.63, 3.8) is 0 Å². The van der Waals surface area contributed by atoms with Gasteiger partial charge in [-0.3, -0.25) is 9.59 Å². The van der Waals surface area contributed by atoms with Crippen molar-refractivity contribution < 1.29 is 18.0 Å². The van der Waals surface area contributed by atoms with Crippen LogP contribution < -0.4 is 21.1 Å². The van der Waals surface area contributed by atoms with Crippen molar-refractivity contribution in [3.05, 3.63) is 23.8 Å². The normalized spacial score (nSPS) is 15.6. The Morgan fingerprint density at radius 3 is 2.50 bits per heavy atom.